The Bertz CT molecular complexity index is 758. The molecule has 1 aromatic heterocycles. The maximum atomic E-state index is 14.0. The first-order valence-electron chi connectivity index (χ1n) is 11.0. The maximum Gasteiger partial charge on any atom is 0.410 e. The van der Waals surface area contributed by atoms with Crippen molar-refractivity contribution < 1.29 is 13.9 Å². The Hall–Kier alpha value is -1.85. The van der Waals surface area contributed by atoms with Crippen LogP contribution in [0.1, 0.15) is 47.5 Å². The molecular formula is C22H38FIN6O2. The van der Waals surface area contributed by atoms with E-state index in [1.807, 2.05) is 39.5 Å². The highest BCUT2D eigenvalue weighted by Crippen LogP contribution is 2.20. The highest BCUT2D eigenvalue weighted by molar-refractivity contribution is 14.0. The molecule has 2 atom stereocenters. The summed E-state index contributed by atoms with van der Waals surface area (Å²) in [7, 11) is 1.75. The molecule has 10 heteroatoms. The second-order valence-electron chi connectivity index (χ2n) is 8.87. The summed E-state index contributed by atoms with van der Waals surface area (Å²) in [5.41, 5.74) is -0.515. The molecule has 1 aliphatic rings. The topological polar surface area (TPSA) is 82.1 Å². The van der Waals surface area contributed by atoms with Crippen LogP contribution < -0.4 is 15.5 Å². The molecule has 1 amide bonds. The van der Waals surface area contributed by atoms with Crippen molar-refractivity contribution in [2.75, 3.05) is 38.1 Å². The molecule has 0 spiro atoms. The van der Waals surface area contributed by atoms with Gasteiger partial charge in [-0.3, -0.25) is 4.99 Å². The summed E-state index contributed by atoms with van der Waals surface area (Å²) in [6.45, 7) is 12.3. The standard InChI is InChI=1S/C22H37FN6O2.HI/c1-7-24-20(26-13-10-16(2)28(6)21(30)31-22(3,4)5)27-17-11-14-29(15-17)19-18(23)9-8-12-25-19;/h8-9,12,16-17H,7,10-11,13-15H2,1-6H3,(H2,24,26,27);1H. The number of carbonyl (C=O) groups excluding carboxylic acids is 1. The van der Waals surface area contributed by atoms with E-state index in [9.17, 15) is 9.18 Å². The average Bonchev–Trinajstić information content (AvgIpc) is 3.14. The maximum absolute atomic E-state index is 14.0. The van der Waals surface area contributed by atoms with Gasteiger partial charge in [0.25, 0.3) is 0 Å². The van der Waals surface area contributed by atoms with Gasteiger partial charge >= 0.3 is 6.09 Å². The van der Waals surface area contributed by atoms with E-state index < -0.39 is 5.60 Å². The molecule has 0 radical (unpaired) electrons. The van der Waals surface area contributed by atoms with E-state index in [4.69, 9.17) is 4.74 Å². The van der Waals surface area contributed by atoms with Crippen molar-refractivity contribution in [2.24, 2.45) is 4.99 Å². The van der Waals surface area contributed by atoms with Crippen molar-refractivity contribution in [3.63, 3.8) is 0 Å². The van der Waals surface area contributed by atoms with Crippen LogP contribution in [0.15, 0.2) is 23.3 Å². The number of halogens is 2. The molecule has 8 nitrogen and oxygen atoms in total. The lowest BCUT2D eigenvalue weighted by Crippen LogP contribution is -2.45. The van der Waals surface area contributed by atoms with Gasteiger partial charge in [-0.05, 0) is 59.6 Å². The van der Waals surface area contributed by atoms with Crippen molar-refractivity contribution >= 4 is 41.8 Å². The second kappa shape index (κ2) is 13.0. The van der Waals surface area contributed by atoms with Gasteiger partial charge in [0.05, 0.1) is 0 Å². The average molecular weight is 564 g/mol. The van der Waals surface area contributed by atoms with Crippen LogP contribution in [0.3, 0.4) is 0 Å². The molecule has 0 saturated carbocycles. The molecule has 0 bridgehead atoms. The van der Waals surface area contributed by atoms with E-state index in [1.54, 1.807) is 24.2 Å². The molecule has 2 unspecified atom stereocenters. The number of hydrogen-bond acceptors (Lipinski definition) is 5. The SMILES string of the molecule is CCNC(=NCCC(C)N(C)C(=O)OC(C)(C)C)NC1CCN(c2ncccc2F)C1.I. The minimum atomic E-state index is -0.515. The third-order valence-electron chi connectivity index (χ3n) is 5.07. The number of ether oxygens (including phenoxy) is 1. The summed E-state index contributed by atoms with van der Waals surface area (Å²) < 4.78 is 19.4. The van der Waals surface area contributed by atoms with Crippen LogP contribution in [-0.4, -0.2) is 72.8 Å². The minimum Gasteiger partial charge on any atom is -0.444 e. The van der Waals surface area contributed by atoms with Gasteiger partial charge in [0.2, 0.25) is 0 Å². The second-order valence-corrected chi connectivity index (χ2v) is 8.87. The molecular weight excluding hydrogens is 526 g/mol. The largest absolute Gasteiger partial charge is 0.444 e. The normalized spacial score (nSPS) is 17.4. The van der Waals surface area contributed by atoms with E-state index >= 15 is 0 Å². The predicted octanol–water partition coefficient (Wildman–Crippen LogP) is 3.62. The smallest absolute Gasteiger partial charge is 0.410 e. The summed E-state index contributed by atoms with van der Waals surface area (Å²) in [5, 5.41) is 6.69. The summed E-state index contributed by atoms with van der Waals surface area (Å²) >= 11 is 0. The number of pyridine rings is 1. The zero-order valence-electron chi connectivity index (χ0n) is 20.0. The van der Waals surface area contributed by atoms with Gasteiger partial charge in [-0.15, -0.1) is 24.0 Å². The third-order valence-corrected chi connectivity index (χ3v) is 5.07. The number of nitrogens with zero attached hydrogens (tertiary/aromatic N) is 4. The van der Waals surface area contributed by atoms with Crippen LogP contribution >= 0.6 is 24.0 Å². The van der Waals surface area contributed by atoms with Crippen molar-refractivity contribution in [2.45, 2.75) is 65.1 Å². The van der Waals surface area contributed by atoms with E-state index in [1.165, 1.54) is 6.07 Å². The van der Waals surface area contributed by atoms with E-state index in [2.05, 4.69) is 20.6 Å². The van der Waals surface area contributed by atoms with Crippen molar-refractivity contribution in [3.05, 3.63) is 24.1 Å². The quantitative estimate of drug-likeness (QED) is 0.299. The number of carbonyl (C=O) groups is 1. The molecule has 0 aromatic carbocycles. The molecule has 1 fully saturated rings. The molecule has 2 N–H and O–H groups in total. The van der Waals surface area contributed by atoms with E-state index in [-0.39, 0.29) is 48.0 Å². The summed E-state index contributed by atoms with van der Waals surface area (Å²) in [4.78, 5) is 24.6. The van der Waals surface area contributed by atoms with Crippen LogP contribution in [0.25, 0.3) is 0 Å². The lowest BCUT2D eigenvalue weighted by atomic mass is 10.2. The highest BCUT2D eigenvalue weighted by Gasteiger charge is 2.26. The van der Waals surface area contributed by atoms with Crippen LogP contribution in [0, 0.1) is 5.82 Å². The number of guanidine groups is 1. The van der Waals surface area contributed by atoms with Crippen LogP contribution in [0.2, 0.25) is 0 Å². The lowest BCUT2D eigenvalue weighted by Gasteiger charge is -2.28. The van der Waals surface area contributed by atoms with Gasteiger partial charge in [0.1, 0.15) is 5.60 Å². The number of aliphatic imine (C=N–C) groups is 1. The Morgan fingerprint density at radius 3 is 2.81 bits per heavy atom. The summed E-state index contributed by atoms with van der Waals surface area (Å²) in [6, 6.07) is 3.18. The number of amides is 1. The number of aromatic nitrogens is 1. The Morgan fingerprint density at radius 1 is 1.47 bits per heavy atom. The lowest BCUT2D eigenvalue weighted by molar-refractivity contribution is 0.0231. The van der Waals surface area contributed by atoms with Crippen molar-refractivity contribution in [1.82, 2.24) is 20.5 Å². The fourth-order valence-electron chi connectivity index (χ4n) is 3.26. The summed E-state index contributed by atoms with van der Waals surface area (Å²) in [6.07, 6.45) is 2.86. The first-order chi connectivity index (χ1) is 14.6. The number of rotatable bonds is 7. The van der Waals surface area contributed by atoms with Gasteiger partial charge in [0.15, 0.2) is 17.6 Å². The minimum absolute atomic E-state index is 0. The van der Waals surface area contributed by atoms with Crippen LogP contribution in [0.5, 0.6) is 0 Å². The molecule has 1 aromatic rings. The Morgan fingerprint density at radius 2 is 2.19 bits per heavy atom. The van der Waals surface area contributed by atoms with Crippen molar-refractivity contribution in [3.8, 4) is 0 Å². The molecule has 2 heterocycles. The molecule has 1 aliphatic heterocycles. The Labute approximate surface area is 208 Å². The molecule has 182 valence electrons. The number of nitrogens with one attached hydrogen (secondary N) is 2. The monoisotopic (exact) mass is 564 g/mol. The first kappa shape index (κ1) is 28.2. The number of anilines is 1. The van der Waals surface area contributed by atoms with E-state index in [0.717, 1.165) is 25.5 Å². The fraction of sp³-hybridized carbons (Fsp3) is 0.682. The van der Waals surface area contributed by atoms with Gasteiger partial charge in [-0.25, -0.2) is 14.2 Å². The van der Waals surface area contributed by atoms with E-state index in [0.29, 0.717) is 25.3 Å². The number of hydrogen-bond donors (Lipinski definition) is 2. The van der Waals surface area contributed by atoms with Crippen LogP contribution in [0.4, 0.5) is 15.0 Å². The predicted molar refractivity (Wildman–Crippen MR) is 137 cm³/mol. The molecule has 2 rings (SSSR count). The first-order valence-corrected chi connectivity index (χ1v) is 11.0. The van der Waals surface area contributed by atoms with Crippen molar-refractivity contribution in [1.29, 1.82) is 0 Å². The van der Waals surface area contributed by atoms with Gasteiger partial charge in [-0.2, -0.15) is 0 Å². The zero-order valence-corrected chi connectivity index (χ0v) is 22.4. The van der Waals surface area contributed by atoms with Gasteiger partial charge in [-0.1, -0.05) is 0 Å². The van der Waals surface area contributed by atoms with Crippen LogP contribution in [-0.2, 0) is 4.74 Å². The Kier molecular flexibility index (Phi) is 11.5. The molecule has 0 aliphatic carbocycles. The molecule has 1 saturated heterocycles. The fourth-order valence-corrected chi connectivity index (χ4v) is 3.26. The highest BCUT2D eigenvalue weighted by atomic mass is 127. The zero-order chi connectivity index (χ0) is 23.0. The Balaban J connectivity index is 0.00000512. The summed E-state index contributed by atoms with van der Waals surface area (Å²) in [5.74, 6) is 0.822. The van der Waals surface area contributed by atoms with Gasteiger partial charge in [0, 0.05) is 51.5 Å². The third kappa shape index (κ3) is 8.95. The molecule has 32 heavy (non-hydrogen) atoms. The van der Waals surface area contributed by atoms with Gasteiger partial charge < -0.3 is 25.2 Å².